The summed E-state index contributed by atoms with van der Waals surface area (Å²) in [5.41, 5.74) is -1.12. The highest BCUT2D eigenvalue weighted by Crippen LogP contribution is 2.12. The van der Waals surface area contributed by atoms with E-state index in [9.17, 15) is 19.5 Å². The molecule has 0 heterocycles. The van der Waals surface area contributed by atoms with E-state index in [0.29, 0.717) is 39.1 Å². The molecule has 0 spiro atoms. The second kappa shape index (κ2) is 25.2. The van der Waals surface area contributed by atoms with Crippen LogP contribution in [0.4, 0.5) is 9.59 Å². The molecule has 0 aliphatic heterocycles. The first-order chi connectivity index (χ1) is 20.7. The van der Waals surface area contributed by atoms with Crippen LogP contribution in [-0.4, -0.2) is 96.6 Å². The number of nitrogens with zero attached hydrogens (tertiary/aromatic N) is 2. The highest BCUT2D eigenvalue weighted by Gasteiger charge is 2.22. The monoisotopic (exact) mass is 629 g/mol. The fourth-order valence-corrected chi connectivity index (χ4v) is 4.78. The van der Waals surface area contributed by atoms with E-state index in [1.807, 2.05) is 46.4 Å². The summed E-state index contributed by atoms with van der Waals surface area (Å²) >= 11 is 0. The number of carbonyl (C=O) groups excluding carboxylic acids is 2. The number of carboxylic acid groups (broad SMARTS) is 1. The average molecular weight is 629 g/mol. The minimum absolute atomic E-state index is 0.0626. The lowest BCUT2D eigenvalue weighted by Gasteiger charge is -2.28. The highest BCUT2D eigenvalue weighted by atomic mass is 16.6. The Hall–Kier alpha value is -2.07. The maximum absolute atomic E-state index is 12.9. The molecule has 0 aliphatic carbocycles. The predicted molar refractivity (Wildman–Crippen MR) is 179 cm³/mol. The number of unbranched alkanes of at least 4 members (excludes halogenated alkanes) is 10. The summed E-state index contributed by atoms with van der Waals surface area (Å²) in [5, 5.41) is 15.6. The maximum Gasteiger partial charge on any atom is 0.410 e. The third-order valence-corrected chi connectivity index (χ3v) is 6.97. The van der Waals surface area contributed by atoms with Crippen molar-refractivity contribution in [3.8, 4) is 0 Å². The lowest BCUT2D eigenvalue weighted by atomic mass is 10.1. The van der Waals surface area contributed by atoms with Crippen molar-refractivity contribution in [1.29, 1.82) is 0 Å². The summed E-state index contributed by atoms with van der Waals surface area (Å²) < 4.78 is 10.9. The van der Waals surface area contributed by atoms with Gasteiger partial charge < -0.3 is 30.1 Å². The summed E-state index contributed by atoms with van der Waals surface area (Å²) in [6.45, 7) is 17.8. The number of hydrogen-bond acceptors (Lipinski definition) is 7. The first-order valence-electron chi connectivity index (χ1n) is 17.3. The molecule has 10 heteroatoms. The minimum atomic E-state index is -0.884. The van der Waals surface area contributed by atoms with E-state index in [0.717, 1.165) is 32.4 Å². The molecule has 44 heavy (non-hydrogen) atoms. The molecule has 0 aromatic rings. The van der Waals surface area contributed by atoms with Gasteiger partial charge in [-0.3, -0.25) is 9.69 Å². The number of rotatable bonds is 26. The van der Waals surface area contributed by atoms with E-state index in [4.69, 9.17) is 9.47 Å². The number of alkyl carbamates (subject to hydrolysis) is 1. The lowest BCUT2D eigenvalue weighted by molar-refractivity contribution is -0.138. The van der Waals surface area contributed by atoms with Crippen LogP contribution in [0.2, 0.25) is 0 Å². The molecule has 0 fully saturated rings. The van der Waals surface area contributed by atoms with Gasteiger partial charge in [0, 0.05) is 26.2 Å². The zero-order chi connectivity index (χ0) is 33.3. The Morgan fingerprint density at radius 2 is 1.09 bits per heavy atom. The zero-order valence-corrected chi connectivity index (χ0v) is 29.4. The number of carboxylic acids is 1. The quantitative estimate of drug-likeness (QED) is 0.0860. The van der Waals surface area contributed by atoms with Gasteiger partial charge in [0.05, 0.1) is 6.54 Å². The molecule has 10 nitrogen and oxygen atoms in total. The van der Waals surface area contributed by atoms with Gasteiger partial charge in [-0.2, -0.15) is 0 Å². The van der Waals surface area contributed by atoms with E-state index in [-0.39, 0.29) is 12.6 Å². The van der Waals surface area contributed by atoms with Crippen LogP contribution in [0.1, 0.15) is 138 Å². The first kappa shape index (κ1) is 41.9. The minimum Gasteiger partial charge on any atom is -0.480 e. The largest absolute Gasteiger partial charge is 0.480 e. The molecule has 0 saturated carbocycles. The van der Waals surface area contributed by atoms with Crippen LogP contribution < -0.4 is 10.6 Å². The van der Waals surface area contributed by atoms with E-state index < -0.39 is 23.3 Å². The van der Waals surface area contributed by atoms with Gasteiger partial charge in [-0.25, -0.2) is 9.59 Å². The van der Waals surface area contributed by atoms with Crippen LogP contribution in [0.25, 0.3) is 0 Å². The fourth-order valence-electron chi connectivity index (χ4n) is 4.78. The summed E-state index contributed by atoms with van der Waals surface area (Å²) in [5.74, 6) is -0.884. The molecular weight excluding hydrogens is 560 g/mol. The molecule has 0 aromatic heterocycles. The van der Waals surface area contributed by atoms with Crippen molar-refractivity contribution in [1.82, 2.24) is 20.4 Å². The summed E-state index contributed by atoms with van der Waals surface area (Å²) in [7, 11) is 0. The van der Waals surface area contributed by atoms with Crippen LogP contribution in [0.3, 0.4) is 0 Å². The summed E-state index contributed by atoms with van der Waals surface area (Å²) in [6, 6.07) is 0. The van der Waals surface area contributed by atoms with Crippen molar-refractivity contribution in [2.24, 2.45) is 0 Å². The first-order valence-corrected chi connectivity index (χ1v) is 17.3. The Bertz CT molecular complexity index is 751. The number of carbonyl (C=O) groups is 3. The normalized spacial score (nSPS) is 11.9. The van der Waals surface area contributed by atoms with Crippen LogP contribution in [0.5, 0.6) is 0 Å². The number of ether oxygens (including phenoxy) is 2. The van der Waals surface area contributed by atoms with Crippen LogP contribution in [0.15, 0.2) is 0 Å². The molecule has 0 bridgehead atoms. The number of hydrogen-bond donors (Lipinski definition) is 3. The number of aliphatic carboxylic acids is 1. The Morgan fingerprint density at radius 3 is 1.66 bits per heavy atom. The molecule has 0 aromatic carbocycles. The van der Waals surface area contributed by atoms with Crippen LogP contribution in [-0.2, 0) is 14.3 Å². The zero-order valence-electron chi connectivity index (χ0n) is 29.4. The number of amides is 2. The summed E-state index contributed by atoms with van der Waals surface area (Å²) in [6.07, 6.45) is 15.5. The van der Waals surface area contributed by atoms with Gasteiger partial charge in [0.15, 0.2) is 0 Å². The molecule has 0 saturated heterocycles. The second-order valence-corrected chi connectivity index (χ2v) is 13.9. The lowest BCUT2D eigenvalue weighted by Crippen LogP contribution is -2.39. The highest BCUT2D eigenvalue weighted by molar-refractivity contribution is 5.69. The Morgan fingerprint density at radius 1 is 0.614 bits per heavy atom. The fraction of sp³-hybridized carbons (Fsp3) is 0.912. The van der Waals surface area contributed by atoms with Gasteiger partial charge in [-0.05, 0) is 93.3 Å². The third-order valence-electron chi connectivity index (χ3n) is 6.97. The van der Waals surface area contributed by atoms with Gasteiger partial charge in [-0.15, -0.1) is 0 Å². The average Bonchev–Trinajstić information content (AvgIpc) is 2.89. The standard InChI is InChI=1S/C34H68N4O6/c1-8-9-10-11-12-13-14-15-16-17-22-35-23-20-28-38(32(42)44-34(5,6)7)27-19-18-25-37(29-30(39)40)26-21-24-36-31(41)43-33(2,3)4/h35H,8-29H2,1-7H3,(H,36,41)(H,39,40). The molecule has 0 atom stereocenters. The Labute approximate surface area is 269 Å². The topological polar surface area (TPSA) is 120 Å². The van der Waals surface area contributed by atoms with Crippen molar-refractivity contribution >= 4 is 18.2 Å². The van der Waals surface area contributed by atoms with Crippen molar-refractivity contribution in [2.45, 2.75) is 150 Å². The Kier molecular flexibility index (Phi) is 24.0. The van der Waals surface area contributed by atoms with E-state index in [1.54, 1.807) is 4.90 Å². The molecule has 0 unspecified atom stereocenters. The van der Waals surface area contributed by atoms with Gasteiger partial charge in [-0.1, -0.05) is 64.7 Å². The molecular formula is C34H68N4O6. The van der Waals surface area contributed by atoms with Gasteiger partial charge in [0.25, 0.3) is 0 Å². The van der Waals surface area contributed by atoms with Gasteiger partial charge in [0.2, 0.25) is 0 Å². The number of nitrogens with one attached hydrogen (secondary N) is 2. The molecule has 0 radical (unpaired) electrons. The summed E-state index contributed by atoms with van der Waals surface area (Å²) in [4.78, 5) is 39.7. The molecule has 3 N–H and O–H groups in total. The SMILES string of the molecule is CCCCCCCCCCCCNCCCN(CCCCN(CCCNC(=O)OC(C)(C)C)CC(=O)O)C(=O)OC(C)(C)C. The molecule has 260 valence electrons. The molecule has 0 rings (SSSR count). The van der Waals surface area contributed by atoms with E-state index >= 15 is 0 Å². The third kappa shape index (κ3) is 28.7. The van der Waals surface area contributed by atoms with Crippen LogP contribution >= 0.6 is 0 Å². The smallest absolute Gasteiger partial charge is 0.410 e. The van der Waals surface area contributed by atoms with Crippen molar-refractivity contribution in [3.63, 3.8) is 0 Å². The van der Waals surface area contributed by atoms with Crippen molar-refractivity contribution in [3.05, 3.63) is 0 Å². The van der Waals surface area contributed by atoms with Crippen molar-refractivity contribution in [2.75, 3.05) is 52.4 Å². The molecule has 0 aliphatic rings. The maximum atomic E-state index is 12.9. The second-order valence-electron chi connectivity index (χ2n) is 13.9. The van der Waals surface area contributed by atoms with Gasteiger partial charge >= 0.3 is 18.2 Å². The molecule has 2 amide bonds. The van der Waals surface area contributed by atoms with Gasteiger partial charge in [0.1, 0.15) is 11.2 Å². The van der Waals surface area contributed by atoms with E-state index in [1.165, 1.54) is 64.2 Å². The van der Waals surface area contributed by atoms with Crippen molar-refractivity contribution < 1.29 is 29.0 Å². The predicted octanol–water partition coefficient (Wildman–Crippen LogP) is 7.21. The van der Waals surface area contributed by atoms with Crippen LogP contribution in [0, 0.1) is 0 Å². The van der Waals surface area contributed by atoms with E-state index in [2.05, 4.69) is 17.6 Å². The Balaban J connectivity index is 4.38.